The van der Waals surface area contributed by atoms with Crippen molar-refractivity contribution in [3.05, 3.63) is 47.0 Å². The number of anilines is 1. The Morgan fingerprint density at radius 2 is 1.88 bits per heavy atom. The maximum atomic E-state index is 6.01. The van der Waals surface area contributed by atoms with Crippen LogP contribution < -0.4 is 25.3 Å². The van der Waals surface area contributed by atoms with Gasteiger partial charge in [0.2, 0.25) is 0 Å². The topological polar surface area (TPSA) is 78.1 Å². The van der Waals surface area contributed by atoms with Crippen LogP contribution in [0.5, 0.6) is 17.2 Å². The molecule has 6 nitrogen and oxygen atoms in total. The summed E-state index contributed by atoms with van der Waals surface area (Å²) in [4.78, 5) is 4.36. The number of nitrogens with one attached hydrogen (secondary N) is 1. The Morgan fingerprint density at radius 3 is 2.54 bits per heavy atom. The molecule has 0 spiro atoms. The number of methoxy groups -OCH3 is 2. The summed E-state index contributed by atoms with van der Waals surface area (Å²) in [6.45, 7) is 2.82. The zero-order valence-corrected chi connectivity index (χ0v) is 18.0. The van der Waals surface area contributed by atoms with Gasteiger partial charge in [-0.2, -0.15) is 0 Å². The Hall–Kier alpha value is -1.87. The Labute approximate surface area is 175 Å². The summed E-state index contributed by atoms with van der Waals surface area (Å²) < 4.78 is 16.1. The molecule has 0 bridgehead atoms. The van der Waals surface area contributed by atoms with Gasteiger partial charge < -0.3 is 25.3 Å². The van der Waals surface area contributed by atoms with Crippen LogP contribution in [-0.2, 0) is 6.54 Å². The second-order valence-electron chi connectivity index (χ2n) is 5.08. The summed E-state index contributed by atoms with van der Waals surface area (Å²) in [6.07, 6.45) is 0. The van der Waals surface area contributed by atoms with Gasteiger partial charge in [-0.25, -0.2) is 4.99 Å². The zero-order valence-electron chi connectivity index (χ0n) is 14.9. The lowest BCUT2D eigenvalue weighted by molar-refractivity contribution is 0.336. The van der Waals surface area contributed by atoms with E-state index >= 15 is 0 Å². The van der Waals surface area contributed by atoms with Crippen molar-refractivity contribution in [1.29, 1.82) is 0 Å². The number of guanidine groups is 1. The summed E-state index contributed by atoms with van der Waals surface area (Å²) in [5, 5.41) is 3.64. The van der Waals surface area contributed by atoms with E-state index in [4.69, 9.17) is 31.5 Å². The molecule has 8 heteroatoms. The van der Waals surface area contributed by atoms with E-state index in [1.165, 1.54) is 0 Å². The van der Waals surface area contributed by atoms with Crippen LogP contribution in [0.2, 0.25) is 5.02 Å². The predicted octanol–water partition coefficient (Wildman–Crippen LogP) is 4.30. The summed E-state index contributed by atoms with van der Waals surface area (Å²) >= 11 is 6.01. The molecule has 0 amide bonds. The molecule has 0 aliphatic carbocycles. The van der Waals surface area contributed by atoms with E-state index in [1.807, 2.05) is 13.0 Å². The van der Waals surface area contributed by atoms with Gasteiger partial charge in [0.1, 0.15) is 17.2 Å². The van der Waals surface area contributed by atoms with Crippen molar-refractivity contribution < 1.29 is 14.2 Å². The number of rotatable bonds is 7. The standard InChI is InChI=1S/C18H22ClN3O3.HI/c1-4-25-17-9-13(19)6-5-12(17)11-21-18(20)22-15-10-14(23-2)7-8-16(15)24-3;/h5-10H,4,11H2,1-3H3,(H3,20,21,22);1H. The fourth-order valence-electron chi connectivity index (χ4n) is 2.21. The Balaban J connectivity index is 0.00000338. The van der Waals surface area contributed by atoms with E-state index in [0.29, 0.717) is 41.1 Å². The SMILES string of the molecule is CCOc1cc(Cl)ccc1CN=C(N)Nc1cc(OC)ccc1OC.I. The molecule has 0 radical (unpaired) electrons. The molecule has 142 valence electrons. The monoisotopic (exact) mass is 491 g/mol. The molecule has 0 aliphatic rings. The van der Waals surface area contributed by atoms with Crippen LogP contribution in [0.15, 0.2) is 41.4 Å². The molecule has 26 heavy (non-hydrogen) atoms. The number of nitrogens with two attached hydrogens (primary N) is 1. The van der Waals surface area contributed by atoms with Crippen LogP contribution in [0.3, 0.4) is 0 Å². The van der Waals surface area contributed by atoms with Gasteiger partial charge >= 0.3 is 0 Å². The Bertz CT molecular complexity index is 756. The highest BCUT2D eigenvalue weighted by Gasteiger charge is 2.07. The average molecular weight is 492 g/mol. The van der Waals surface area contributed by atoms with E-state index in [9.17, 15) is 0 Å². The number of ether oxygens (including phenoxy) is 3. The summed E-state index contributed by atoms with van der Waals surface area (Å²) in [6, 6.07) is 10.8. The summed E-state index contributed by atoms with van der Waals surface area (Å²) in [7, 11) is 3.18. The smallest absolute Gasteiger partial charge is 0.193 e. The van der Waals surface area contributed by atoms with E-state index in [2.05, 4.69) is 10.3 Å². The second-order valence-corrected chi connectivity index (χ2v) is 5.51. The van der Waals surface area contributed by atoms with Crippen LogP contribution >= 0.6 is 35.6 Å². The molecule has 0 saturated carbocycles. The average Bonchev–Trinajstić information content (AvgIpc) is 2.61. The number of hydrogen-bond donors (Lipinski definition) is 2. The van der Waals surface area contributed by atoms with E-state index in [0.717, 1.165) is 5.56 Å². The van der Waals surface area contributed by atoms with Crippen LogP contribution in [0.4, 0.5) is 5.69 Å². The Morgan fingerprint density at radius 1 is 1.12 bits per heavy atom. The largest absolute Gasteiger partial charge is 0.497 e. The first kappa shape index (κ1) is 22.2. The first-order valence-electron chi connectivity index (χ1n) is 7.77. The van der Waals surface area contributed by atoms with E-state index in [-0.39, 0.29) is 29.9 Å². The number of nitrogens with zero attached hydrogens (tertiary/aromatic N) is 1. The van der Waals surface area contributed by atoms with Crippen molar-refractivity contribution in [2.75, 3.05) is 26.1 Å². The van der Waals surface area contributed by atoms with Crippen LogP contribution in [0.25, 0.3) is 0 Å². The number of halogens is 2. The van der Waals surface area contributed by atoms with Gasteiger partial charge in [-0.1, -0.05) is 17.7 Å². The van der Waals surface area contributed by atoms with Gasteiger partial charge in [0.15, 0.2) is 5.96 Å². The quantitative estimate of drug-likeness (QED) is 0.343. The van der Waals surface area contributed by atoms with Gasteiger partial charge in [0, 0.05) is 16.7 Å². The molecule has 3 N–H and O–H groups in total. The molecule has 2 rings (SSSR count). The first-order valence-corrected chi connectivity index (χ1v) is 8.15. The normalized spacial score (nSPS) is 10.7. The van der Waals surface area contributed by atoms with Gasteiger partial charge in [-0.05, 0) is 31.2 Å². The minimum atomic E-state index is 0. The van der Waals surface area contributed by atoms with Crippen molar-refractivity contribution >= 4 is 47.2 Å². The van der Waals surface area contributed by atoms with Crippen molar-refractivity contribution in [2.45, 2.75) is 13.5 Å². The third-order valence-corrected chi connectivity index (χ3v) is 3.65. The van der Waals surface area contributed by atoms with Crippen LogP contribution in [0, 0.1) is 0 Å². The number of aliphatic imine (C=N–C) groups is 1. The maximum Gasteiger partial charge on any atom is 0.193 e. The number of benzene rings is 2. The lowest BCUT2D eigenvalue weighted by atomic mass is 10.2. The molecule has 0 saturated heterocycles. The van der Waals surface area contributed by atoms with Gasteiger partial charge in [-0.15, -0.1) is 24.0 Å². The van der Waals surface area contributed by atoms with E-state index < -0.39 is 0 Å². The summed E-state index contributed by atoms with van der Waals surface area (Å²) in [5.41, 5.74) is 7.57. The molecular weight excluding hydrogens is 469 g/mol. The molecule has 0 atom stereocenters. The lowest BCUT2D eigenvalue weighted by Gasteiger charge is -2.13. The first-order chi connectivity index (χ1) is 12.1. The minimum absolute atomic E-state index is 0. The van der Waals surface area contributed by atoms with Crippen LogP contribution in [0.1, 0.15) is 12.5 Å². The highest BCUT2D eigenvalue weighted by atomic mass is 127. The van der Waals surface area contributed by atoms with Crippen LogP contribution in [-0.4, -0.2) is 26.8 Å². The molecule has 0 aromatic heterocycles. The van der Waals surface area contributed by atoms with Crippen molar-refractivity contribution in [3.63, 3.8) is 0 Å². The fourth-order valence-corrected chi connectivity index (χ4v) is 2.37. The van der Waals surface area contributed by atoms with Crippen molar-refractivity contribution in [3.8, 4) is 17.2 Å². The zero-order chi connectivity index (χ0) is 18.2. The molecule has 0 fully saturated rings. The molecule has 2 aromatic rings. The highest BCUT2D eigenvalue weighted by molar-refractivity contribution is 14.0. The third-order valence-electron chi connectivity index (χ3n) is 3.42. The maximum absolute atomic E-state index is 6.01. The van der Waals surface area contributed by atoms with Gasteiger partial charge in [-0.3, -0.25) is 0 Å². The van der Waals surface area contributed by atoms with Crippen molar-refractivity contribution in [1.82, 2.24) is 0 Å². The van der Waals surface area contributed by atoms with Gasteiger partial charge in [0.05, 0.1) is 33.1 Å². The fraction of sp³-hybridized carbons (Fsp3) is 0.278. The lowest BCUT2D eigenvalue weighted by Crippen LogP contribution is -2.23. The summed E-state index contributed by atoms with van der Waals surface area (Å²) in [5.74, 6) is 2.28. The van der Waals surface area contributed by atoms with E-state index in [1.54, 1.807) is 44.6 Å². The van der Waals surface area contributed by atoms with Crippen molar-refractivity contribution in [2.24, 2.45) is 10.7 Å². The highest BCUT2D eigenvalue weighted by Crippen LogP contribution is 2.29. The minimum Gasteiger partial charge on any atom is -0.497 e. The second kappa shape index (κ2) is 11.0. The molecule has 0 unspecified atom stereocenters. The Kier molecular flexibility index (Phi) is 9.36. The molecule has 0 heterocycles. The molecule has 0 aliphatic heterocycles. The number of hydrogen-bond acceptors (Lipinski definition) is 4. The molecule has 2 aromatic carbocycles. The van der Waals surface area contributed by atoms with Gasteiger partial charge in [0.25, 0.3) is 0 Å². The predicted molar refractivity (Wildman–Crippen MR) is 117 cm³/mol. The molecular formula is C18H23ClIN3O3. The third kappa shape index (κ3) is 6.14.